The molecule has 1 N–H and O–H groups in total. The number of ether oxygens (including phenoxy) is 1. The molecule has 3 atom stereocenters. The number of benzene rings is 1. The van der Waals surface area contributed by atoms with Crippen LogP contribution in [0.1, 0.15) is 6.42 Å². The molecule has 2 aliphatic heterocycles. The number of anilines is 1. The predicted molar refractivity (Wildman–Crippen MR) is 58.4 cm³/mol. The molecule has 0 spiro atoms. The zero-order valence-electron chi connectivity index (χ0n) is 9.04. The van der Waals surface area contributed by atoms with Crippen LogP contribution in [0.3, 0.4) is 0 Å². The standard InChI is InChI=1S/C12H12FNO3/c13-7-1-3-8(4-2-7)14-9-5-10(17-6-9)11(14)12(15)16/h1-4,9-11H,5-6H2,(H,15,16). The molecule has 0 amide bonds. The lowest BCUT2D eigenvalue weighted by Gasteiger charge is -2.34. The first-order valence-electron chi connectivity index (χ1n) is 5.55. The van der Waals surface area contributed by atoms with E-state index in [9.17, 15) is 14.3 Å². The van der Waals surface area contributed by atoms with Gasteiger partial charge in [-0.25, -0.2) is 9.18 Å². The Morgan fingerprint density at radius 1 is 1.41 bits per heavy atom. The van der Waals surface area contributed by atoms with E-state index in [0.29, 0.717) is 6.61 Å². The molecule has 2 aliphatic rings. The van der Waals surface area contributed by atoms with E-state index >= 15 is 0 Å². The van der Waals surface area contributed by atoms with Gasteiger partial charge in [0.15, 0.2) is 6.04 Å². The second kappa shape index (κ2) is 3.70. The van der Waals surface area contributed by atoms with Crippen LogP contribution in [-0.4, -0.2) is 35.9 Å². The topological polar surface area (TPSA) is 49.8 Å². The van der Waals surface area contributed by atoms with Gasteiger partial charge in [-0.15, -0.1) is 0 Å². The number of aliphatic carboxylic acids is 1. The van der Waals surface area contributed by atoms with Crippen LogP contribution in [0.25, 0.3) is 0 Å². The summed E-state index contributed by atoms with van der Waals surface area (Å²) in [6.45, 7) is 0.547. The second-order valence-corrected chi connectivity index (χ2v) is 4.43. The van der Waals surface area contributed by atoms with Crippen molar-refractivity contribution in [1.82, 2.24) is 0 Å². The minimum Gasteiger partial charge on any atom is -0.480 e. The summed E-state index contributed by atoms with van der Waals surface area (Å²) in [6, 6.07) is 5.37. The lowest BCUT2D eigenvalue weighted by molar-refractivity contribution is -0.141. The van der Waals surface area contributed by atoms with Crippen LogP contribution < -0.4 is 4.90 Å². The highest BCUT2D eigenvalue weighted by molar-refractivity contribution is 5.80. The molecule has 2 saturated heterocycles. The van der Waals surface area contributed by atoms with Crippen LogP contribution in [0, 0.1) is 5.82 Å². The van der Waals surface area contributed by atoms with E-state index < -0.39 is 12.0 Å². The molecule has 0 aromatic heterocycles. The number of carboxylic acids is 1. The molecule has 0 saturated carbocycles. The van der Waals surface area contributed by atoms with E-state index in [-0.39, 0.29) is 18.0 Å². The summed E-state index contributed by atoms with van der Waals surface area (Å²) in [7, 11) is 0. The molecule has 3 rings (SSSR count). The SMILES string of the molecule is O=C(O)C1C2CC(CO2)N1c1ccc(F)cc1. The molecule has 5 heteroatoms. The molecule has 2 bridgehead atoms. The third kappa shape index (κ3) is 1.58. The highest BCUT2D eigenvalue weighted by Gasteiger charge is 2.50. The van der Waals surface area contributed by atoms with Crippen molar-refractivity contribution in [1.29, 1.82) is 0 Å². The van der Waals surface area contributed by atoms with Crippen LogP contribution in [0.4, 0.5) is 10.1 Å². The van der Waals surface area contributed by atoms with Crippen LogP contribution >= 0.6 is 0 Å². The Morgan fingerprint density at radius 3 is 2.76 bits per heavy atom. The van der Waals surface area contributed by atoms with Gasteiger partial charge in [0.1, 0.15) is 5.82 Å². The maximum Gasteiger partial charge on any atom is 0.329 e. The molecule has 0 aliphatic carbocycles. The van der Waals surface area contributed by atoms with Crippen molar-refractivity contribution in [3.63, 3.8) is 0 Å². The number of carboxylic acid groups (broad SMARTS) is 1. The normalized spacial score (nSPS) is 30.9. The molecule has 90 valence electrons. The number of rotatable bonds is 2. The summed E-state index contributed by atoms with van der Waals surface area (Å²) >= 11 is 0. The Morgan fingerprint density at radius 2 is 2.12 bits per heavy atom. The van der Waals surface area contributed by atoms with Crippen molar-refractivity contribution in [3.8, 4) is 0 Å². The zero-order chi connectivity index (χ0) is 12.0. The Labute approximate surface area is 97.6 Å². The van der Waals surface area contributed by atoms with Crippen LogP contribution in [0.2, 0.25) is 0 Å². The van der Waals surface area contributed by atoms with Crippen molar-refractivity contribution in [2.24, 2.45) is 0 Å². The van der Waals surface area contributed by atoms with Crippen LogP contribution in [0.15, 0.2) is 24.3 Å². The van der Waals surface area contributed by atoms with Gasteiger partial charge in [-0.05, 0) is 30.7 Å². The molecule has 1 aromatic rings. The number of nitrogens with zero attached hydrogens (tertiary/aromatic N) is 1. The van der Waals surface area contributed by atoms with Gasteiger partial charge in [0.05, 0.1) is 18.8 Å². The van der Waals surface area contributed by atoms with Gasteiger partial charge in [0.2, 0.25) is 0 Å². The predicted octanol–water partition coefficient (Wildman–Crippen LogP) is 1.26. The van der Waals surface area contributed by atoms with Gasteiger partial charge >= 0.3 is 5.97 Å². The van der Waals surface area contributed by atoms with E-state index in [4.69, 9.17) is 4.74 Å². The average Bonchev–Trinajstić information content (AvgIpc) is 2.89. The maximum atomic E-state index is 12.9. The summed E-state index contributed by atoms with van der Waals surface area (Å²) in [5, 5.41) is 9.23. The van der Waals surface area contributed by atoms with E-state index in [2.05, 4.69) is 0 Å². The number of carbonyl (C=O) groups is 1. The van der Waals surface area contributed by atoms with Gasteiger partial charge in [-0.1, -0.05) is 0 Å². The zero-order valence-corrected chi connectivity index (χ0v) is 9.04. The second-order valence-electron chi connectivity index (χ2n) is 4.43. The summed E-state index contributed by atoms with van der Waals surface area (Å²) in [5.74, 6) is -1.21. The quantitative estimate of drug-likeness (QED) is 0.841. The smallest absolute Gasteiger partial charge is 0.329 e. The van der Waals surface area contributed by atoms with E-state index in [1.165, 1.54) is 12.1 Å². The van der Waals surface area contributed by atoms with Gasteiger partial charge in [-0.2, -0.15) is 0 Å². The third-order valence-corrected chi connectivity index (χ3v) is 3.43. The molecule has 2 fully saturated rings. The van der Waals surface area contributed by atoms with Gasteiger partial charge < -0.3 is 14.7 Å². The van der Waals surface area contributed by atoms with Gasteiger partial charge in [0.25, 0.3) is 0 Å². The molecule has 3 unspecified atom stereocenters. The Kier molecular flexibility index (Phi) is 2.29. The minimum absolute atomic E-state index is 0.0894. The van der Waals surface area contributed by atoms with Crippen molar-refractivity contribution < 1.29 is 19.0 Å². The molecule has 1 aromatic carbocycles. The third-order valence-electron chi connectivity index (χ3n) is 3.43. The lowest BCUT2D eigenvalue weighted by Crippen LogP contribution is -2.50. The van der Waals surface area contributed by atoms with Gasteiger partial charge in [-0.3, -0.25) is 0 Å². The minimum atomic E-state index is -0.887. The monoisotopic (exact) mass is 237 g/mol. The summed E-state index contributed by atoms with van der Waals surface area (Å²) < 4.78 is 18.3. The van der Waals surface area contributed by atoms with E-state index in [1.54, 1.807) is 12.1 Å². The van der Waals surface area contributed by atoms with Crippen molar-refractivity contribution in [2.75, 3.05) is 11.5 Å². The Bertz CT molecular complexity index is 448. The van der Waals surface area contributed by atoms with E-state index in [1.807, 2.05) is 4.90 Å². The fourth-order valence-corrected chi connectivity index (χ4v) is 2.72. The molecule has 17 heavy (non-hydrogen) atoms. The van der Waals surface area contributed by atoms with Crippen LogP contribution in [-0.2, 0) is 9.53 Å². The van der Waals surface area contributed by atoms with Crippen molar-refractivity contribution >= 4 is 11.7 Å². The number of hydrogen-bond acceptors (Lipinski definition) is 3. The van der Waals surface area contributed by atoms with Crippen LogP contribution in [0.5, 0.6) is 0 Å². The Balaban J connectivity index is 1.95. The summed E-state index contributed by atoms with van der Waals surface area (Å²) in [6.07, 6.45) is 0.483. The highest BCUT2D eigenvalue weighted by Crippen LogP contribution is 2.37. The highest BCUT2D eigenvalue weighted by atomic mass is 19.1. The van der Waals surface area contributed by atoms with E-state index in [0.717, 1.165) is 12.1 Å². The van der Waals surface area contributed by atoms with Crippen molar-refractivity contribution in [2.45, 2.75) is 24.6 Å². The number of halogens is 1. The molecule has 4 nitrogen and oxygen atoms in total. The maximum absolute atomic E-state index is 12.9. The summed E-state index contributed by atoms with van der Waals surface area (Å²) in [5.41, 5.74) is 0.745. The molecule has 2 heterocycles. The number of hydrogen-bond donors (Lipinski definition) is 1. The fraction of sp³-hybridized carbons (Fsp3) is 0.417. The average molecular weight is 237 g/mol. The summed E-state index contributed by atoms with van der Waals surface area (Å²) in [4.78, 5) is 13.1. The Hall–Kier alpha value is -1.62. The van der Waals surface area contributed by atoms with Gasteiger partial charge in [0, 0.05) is 5.69 Å². The number of fused-ring (bicyclic) bond motifs is 2. The largest absolute Gasteiger partial charge is 0.480 e. The molecular weight excluding hydrogens is 225 g/mol. The first kappa shape index (κ1) is 10.5. The fourth-order valence-electron chi connectivity index (χ4n) is 2.72. The lowest BCUT2D eigenvalue weighted by atomic mass is 10.1. The molecular formula is C12H12FNO3. The molecule has 0 radical (unpaired) electrons. The first-order valence-corrected chi connectivity index (χ1v) is 5.55. The number of morpholine rings is 1. The first-order chi connectivity index (χ1) is 8.16. The van der Waals surface area contributed by atoms with Crippen molar-refractivity contribution in [3.05, 3.63) is 30.1 Å².